The molecule has 3 nitrogen and oxygen atoms in total. The van der Waals surface area contributed by atoms with Crippen LogP contribution in [-0.4, -0.2) is 16.9 Å². The Morgan fingerprint density at radius 1 is 1.26 bits per heavy atom. The van der Waals surface area contributed by atoms with Gasteiger partial charge in [-0.3, -0.25) is 4.79 Å². The fourth-order valence-electron chi connectivity index (χ4n) is 4.41. The normalized spacial score (nSPS) is 25.5. The van der Waals surface area contributed by atoms with Crippen molar-refractivity contribution in [1.29, 1.82) is 0 Å². The average Bonchev–Trinajstić information content (AvgIpc) is 2.87. The van der Waals surface area contributed by atoms with Gasteiger partial charge in [0.1, 0.15) is 5.78 Å². The van der Waals surface area contributed by atoms with Crippen molar-refractivity contribution < 1.29 is 14.7 Å². The predicted octanol–water partition coefficient (Wildman–Crippen LogP) is 6.44. The maximum Gasteiger partial charge on any atom is 0.327 e. The molecule has 154 valence electrons. The highest BCUT2D eigenvalue weighted by molar-refractivity contribution is 5.84. The molecule has 0 saturated heterocycles. The smallest absolute Gasteiger partial charge is 0.327 e. The fraction of sp³-hybridized carbons (Fsp3) is 0.750. The van der Waals surface area contributed by atoms with Crippen LogP contribution in [0.15, 0.2) is 24.3 Å². The third kappa shape index (κ3) is 9.39. The van der Waals surface area contributed by atoms with Crippen molar-refractivity contribution in [3.8, 4) is 0 Å². The summed E-state index contributed by atoms with van der Waals surface area (Å²) in [7, 11) is 0. The quantitative estimate of drug-likeness (QED) is 0.229. The van der Waals surface area contributed by atoms with Gasteiger partial charge in [-0.1, -0.05) is 71.6 Å². The second-order valence-corrected chi connectivity index (χ2v) is 8.70. The van der Waals surface area contributed by atoms with Crippen molar-refractivity contribution in [2.24, 2.45) is 29.6 Å². The number of carboxylic acids is 1. The molecule has 27 heavy (non-hydrogen) atoms. The summed E-state index contributed by atoms with van der Waals surface area (Å²) in [6, 6.07) is 0. The minimum absolute atomic E-state index is 0.157. The first-order valence-electron chi connectivity index (χ1n) is 11.0. The molecule has 1 saturated carbocycles. The van der Waals surface area contributed by atoms with Gasteiger partial charge in [-0.15, -0.1) is 0 Å². The SMILES string of the molecule is CCCC[C@H](C)C[C@H](C)/C=C/[C@H]1[C@H](C)CC(=O)[C@@H]1CCCC/C=C/C(=O)O. The van der Waals surface area contributed by atoms with E-state index < -0.39 is 5.97 Å². The Morgan fingerprint density at radius 2 is 2.00 bits per heavy atom. The predicted molar refractivity (Wildman–Crippen MR) is 113 cm³/mol. The molecule has 5 atom stereocenters. The highest BCUT2D eigenvalue weighted by atomic mass is 16.4. The number of ketones is 1. The Kier molecular flexibility index (Phi) is 11.3. The van der Waals surface area contributed by atoms with E-state index in [-0.39, 0.29) is 5.92 Å². The monoisotopic (exact) mass is 376 g/mol. The molecule has 0 amide bonds. The van der Waals surface area contributed by atoms with Crippen LogP contribution in [-0.2, 0) is 9.59 Å². The molecule has 0 bridgehead atoms. The Labute approximate surface area is 166 Å². The average molecular weight is 377 g/mol. The summed E-state index contributed by atoms with van der Waals surface area (Å²) in [5.74, 6) is 1.84. The molecule has 0 unspecified atom stereocenters. The van der Waals surface area contributed by atoms with Crippen LogP contribution in [0.25, 0.3) is 0 Å². The van der Waals surface area contributed by atoms with Gasteiger partial charge in [0.05, 0.1) is 0 Å². The van der Waals surface area contributed by atoms with Crippen molar-refractivity contribution in [3.05, 3.63) is 24.3 Å². The van der Waals surface area contributed by atoms with E-state index in [1.54, 1.807) is 6.08 Å². The molecule has 0 aromatic carbocycles. The van der Waals surface area contributed by atoms with Crippen molar-refractivity contribution in [2.45, 2.75) is 85.5 Å². The van der Waals surface area contributed by atoms with Crippen LogP contribution in [0.3, 0.4) is 0 Å². The van der Waals surface area contributed by atoms with E-state index in [1.807, 2.05) is 0 Å². The number of hydrogen-bond acceptors (Lipinski definition) is 2. The van der Waals surface area contributed by atoms with Gasteiger partial charge in [-0.2, -0.15) is 0 Å². The van der Waals surface area contributed by atoms with Gasteiger partial charge in [-0.05, 0) is 49.4 Å². The molecule has 0 aliphatic heterocycles. The molecule has 0 aromatic rings. The molecule has 1 aliphatic carbocycles. The molecule has 3 heteroatoms. The number of carboxylic acid groups (broad SMARTS) is 1. The minimum Gasteiger partial charge on any atom is -0.478 e. The maximum atomic E-state index is 12.4. The molecular weight excluding hydrogens is 336 g/mol. The van der Waals surface area contributed by atoms with Crippen LogP contribution in [0, 0.1) is 29.6 Å². The van der Waals surface area contributed by atoms with Gasteiger partial charge >= 0.3 is 5.97 Å². The van der Waals surface area contributed by atoms with Crippen molar-refractivity contribution in [1.82, 2.24) is 0 Å². The zero-order chi connectivity index (χ0) is 20.2. The van der Waals surface area contributed by atoms with Crippen LogP contribution in [0.2, 0.25) is 0 Å². The van der Waals surface area contributed by atoms with Gasteiger partial charge in [0.15, 0.2) is 0 Å². The van der Waals surface area contributed by atoms with Crippen LogP contribution in [0.1, 0.15) is 85.5 Å². The lowest BCUT2D eigenvalue weighted by Gasteiger charge is -2.20. The Morgan fingerprint density at radius 3 is 2.67 bits per heavy atom. The Hall–Kier alpha value is -1.38. The lowest BCUT2D eigenvalue weighted by atomic mass is 9.84. The van der Waals surface area contributed by atoms with Gasteiger partial charge in [0.2, 0.25) is 0 Å². The van der Waals surface area contributed by atoms with E-state index in [2.05, 4.69) is 39.8 Å². The van der Waals surface area contributed by atoms with Gasteiger partial charge < -0.3 is 5.11 Å². The number of rotatable bonds is 13. The number of unbranched alkanes of at least 4 members (excludes halogenated alkanes) is 3. The molecule has 0 spiro atoms. The molecule has 1 rings (SSSR count). The van der Waals surface area contributed by atoms with E-state index in [9.17, 15) is 9.59 Å². The Balaban J connectivity index is 2.47. The van der Waals surface area contributed by atoms with Crippen LogP contribution < -0.4 is 0 Å². The number of aliphatic carboxylic acids is 1. The highest BCUT2D eigenvalue weighted by Gasteiger charge is 2.37. The third-order valence-corrected chi connectivity index (χ3v) is 5.94. The van der Waals surface area contributed by atoms with Crippen LogP contribution >= 0.6 is 0 Å². The van der Waals surface area contributed by atoms with Crippen molar-refractivity contribution in [3.63, 3.8) is 0 Å². The van der Waals surface area contributed by atoms with Gasteiger partial charge in [-0.25, -0.2) is 4.79 Å². The number of allylic oxidation sites excluding steroid dienone is 3. The van der Waals surface area contributed by atoms with E-state index in [0.717, 1.165) is 31.6 Å². The molecule has 0 radical (unpaired) electrons. The molecular formula is C24H40O3. The zero-order valence-corrected chi connectivity index (χ0v) is 17.8. The van der Waals surface area contributed by atoms with Crippen molar-refractivity contribution >= 4 is 11.8 Å². The lowest BCUT2D eigenvalue weighted by molar-refractivity contribution is -0.131. The van der Waals surface area contributed by atoms with Gasteiger partial charge in [0.25, 0.3) is 0 Å². The van der Waals surface area contributed by atoms with E-state index in [4.69, 9.17) is 5.11 Å². The van der Waals surface area contributed by atoms with E-state index >= 15 is 0 Å². The number of hydrogen-bond donors (Lipinski definition) is 1. The standard InChI is InChI=1S/C24H40O3/c1-5-6-11-18(2)16-19(3)14-15-21-20(4)17-23(25)22(21)12-9-7-8-10-13-24(26)27/h10,13-15,18-22H,5-9,11-12,16-17H2,1-4H3,(H,26,27)/b13-10+,15-14+/t18-,19+,20+,21-,22+/m0/s1. The number of carbonyl (C=O) groups excluding carboxylic acids is 1. The highest BCUT2D eigenvalue weighted by Crippen LogP contribution is 2.38. The minimum atomic E-state index is -0.891. The number of carbonyl (C=O) groups is 2. The Bertz CT molecular complexity index is 506. The molecule has 0 heterocycles. The second-order valence-electron chi connectivity index (χ2n) is 8.70. The summed E-state index contributed by atoms with van der Waals surface area (Å²) in [5, 5.41) is 8.60. The first-order valence-corrected chi connectivity index (χ1v) is 11.0. The first-order chi connectivity index (χ1) is 12.8. The number of Topliss-reactive ketones (excluding diaryl/α,β-unsaturated/α-hetero) is 1. The van der Waals surface area contributed by atoms with Gasteiger partial charge in [0, 0.05) is 18.4 Å². The topological polar surface area (TPSA) is 54.4 Å². The largest absolute Gasteiger partial charge is 0.478 e. The summed E-state index contributed by atoms with van der Waals surface area (Å²) >= 11 is 0. The van der Waals surface area contributed by atoms with E-state index in [1.165, 1.54) is 31.8 Å². The molecule has 1 N–H and O–H groups in total. The summed E-state index contributed by atoms with van der Waals surface area (Å²) in [4.78, 5) is 22.9. The molecule has 0 aromatic heterocycles. The summed E-state index contributed by atoms with van der Waals surface area (Å²) in [6.45, 7) is 9.10. The fourth-order valence-corrected chi connectivity index (χ4v) is 4.41. The van der Waals surface area contributed by atoms with Crippen LogP contribution in [0.5, 0.6) is 0 Å². The maximum absolute atomic E-state index is 12.4. The van der Waals surface area contributed by atoms with E-state index in [0.29, 0.717) is 30.0 Å². The zero-order valence-electron chi connectivity index (χ0n) is 17.8. The summed E-state index contributed by atoms with van der Waals surface area (Å²) in [6.07, 6.45) is 17.1. The molecule has 1 aliphatic rings. The first kappa shape index (κ1) is 23.7. The molecule has 1 fully saturated rings. The summed E-state index contributed by atoms with van der Waals surface area (Å²) in [5.41, 5.74) is 0. The van der Waals surface area contributed by atoms with Crippen molar-refractivity contribution in [2.75, 3.05) is 0 Å². The second kappa shape index (κ2) is 12.9. The third-order valence-electron chi connectivity index (χ3n) is 5.94. The van der Waals surface area contributed by atoms with Crippen LogP contribution in [0.4, 0.5) is 0 Å². The lowest BCUT2D eigenvalue weighted by Crippen LogP contribution is -2.15. The summed E-state index contributed by atoms with van der Waals surface area (Å²) < 4.78 is 0.